The minimum atomic E-state index is -3.48. The lowest BCUT2D eigenvalue weighted by molar-refractivity contribution is 0.434. The molecule has 0 fully saturated rings. The average molecular weight is 299 g/mol. The minimum absolute atomic E-state index is 0.334. The highest BCUT2D eigenvalue weighted by molar-refractivity contribution is 7.89. The standard InChI is InChI=1S/C17H17NO2S/c1-13-7-9-16(10-8-13)21(19,20)18-11-14(2)17-6-4-3-5-15(17)12-18/h3-10H,2,11-12H2,1H3. The van der Waals surface area contributed by atoms with E-state index in [0.717, 1.165) is 22.3 Å². The molecule has 3 nitrogen and oxygen atoms in total. The fourth-order valence-corrected chi connectivity index (χ4v) is 3.99. The van der Waals surface area contributed by atoms with Crippen molar-refractivity contribution < 1.29 is 8.42 Å². The first-order valence-electron chi connectivity index (χ1n) is 6.81. The van der Waals surface area contributed by atoms with Crippen molar-refractivity contribution in [2.75, 3.05) is 6.54 Å². The van der Waals surface area contributed by atoms with Crippen LogP contribution in [0, 0.1) is 6.92 Å². The number of sulfonamides is 1. The minimum Gasteiger partial charge on any atom is -0.207 e. The van der Waals surface area contributed by atoms with Gasteiger partial charge in [-0.1, -0.05) is 48.5 Å². The molecule has 108 valence electrons. The summed E-state index contributed by atoms with van der Waals surface area (Å²) >= 11 is 0. The van der Waals surface area contributed by atoms with Crippen molar-refractivity contribution in [2.24, 2.45) is 0 Å². The van der Waals surface area contributed by atoms with Gasteiger partial charge in [0.2, 0.25) is 10.0 Å². The fraction of sp³-hybridized carbons (Fsp3) is 0.176. The van der Waals surface area contributed by atoms with E-state index in [4.69, 9.17) is 0 Å². The first kappa shape index (κ1) is 14.0. The molecular formula is C17H17NO2S. The van der Waals surface area contributed by atoms with Gasteiger partial charge < -0.3 is 0 Å². The molecule has 0 saturated heterocycles. The number of benzene rings is 2. The highest BCUT2D eigenvalue weighted by Gasteiger charge is 2.29. The van der Waals surface area contributed by atoms with Crippen LogP contribution < -0.4 is 0 Å². The molecule has 0 unspecified atom stereocenters. The fourth-order valence-electron chi connectivity index (χ4n) is 2.58. The lowest BCUT2D eigenvalue weighted by atomic mass is 9.98. The summed E-state index contributed by atoms with van der Waals surface area (Å²) in [6.07, 6.45) is 0. The molecule has 1 aliphatic rings. The van der Waals surface area contributed by atoms with Crippen molar-refractivity contribution in [2.45, 2.75) is 18.4 Å². The van der Waals surface area contributed by atoms with E-state index in [1.54, 1.807) is 12.1 Å². The Morgan fingerprint density at radius 2 is 1.67 bits per heavy atom. The zero-order chi connectivity index (χ0) is 15.0. The van der Waals surface area contributed by atoms with E-state index in [0.29, 0.717) is 18.0 Å². The second-order valence-corrected chi connectivity index (χ2v) is 7.28. The SMILES string of the molecule is C=C1CN(S(=O)(=O)c2ccc(C)cc2)Cc2ccccc21. The molecule has 1 aliphatic heterocycles. The summed E-state index contributed by atoms with van der Waals surface area (Å²) in [6.45, 7) is 6.70. The van der Waals surface area contributed by atoms with E-state index in [1.165, 1.54) is 4.31 Å². The summed E-state index contributed by atoms with van der Waals surface area (Å²) in [7, 11) is -3.48. The summed E-state index contributed by atoms with van der Waals surface area (Å²) in [5.41, 5.74) is 3.95. The monoisotopic (exact) mass is 299 g/mol. The molecule has 2 aromatic rings. The molecule has 3 rings (SSSR count). The van der Waals surface area contributed by atoms with Crippen LogP contribution in [-0.4, -0.2) is 19.3 Å². The van der Waals surface area contributed by atoms with Crippen LogP contribution in [0.3, 0.4) is 0 Å². The van der Waals surface area contributed by atoms with Crippen molar-refractivity contribution >= 4 is 15.6 Å². The molecule has 0 aliphatic carbocycles. The maximum Gasteiger partial charge on any atom is 0.243 e. The van der Waals surface area contributed by atoms with Crippen molar-refractivity contribution in [3.63, 3.8) is 0 Å². The Morgan fingerprint density at radius 1 is 1.00 bits per heavy atom. The molecule has 4 heteroatoms. The molecule has 21 heavy (non-hydrogen) atoms. The van der Waals surface area contributed by atoms with Crippen molar-refractivity contribution in [1.82, 2.24) is 4.31 Å². The van der Waals surface area contributed by atoms with Gasteiger partial charge >= 0.3 is 0 Å². The van der Waals surface area contributed by atoms with Crippen molar-refractivity contribution in [3.8, 4) is 0 Å². The third kappa shape index (κ3) is 2.52. The summed E-state index contributed by atoms with van der Waals surface area (Å²) in [5.74, 6) is 0. The molecule has 0 amide bonds. The molecule has 0 atom stereocenters. The van der Waals surface area contributed by atoms with Crippen LogP contribution in [-0.2, 0) is 16.6 Å². The highest BCUT2D eigenvalue weighted by Crippen LogP contribution is 2.30. The predicted molar refractivity (Wildman–Crippen MR) is 84.3 cm³/mol. The van der Waals surface area contributed by atoms with Crippen LogP contribution in [0.1, 0.15) is 16.7 Å². The molecule has 0 N–H and O–H groups in total. The van der Waals surface area contributed by atoms with Crippen molar-refractivity contribution in [1.29, 1.82) is 0 Å². The summed E-state index contributed by atoms with van der Waals surface area (Å²) < 4.78 is 27.0. The molecule has 0 radical (unpaired) electrons. The maximum atomic E-state index is 12.7. The Morgan fingerprint density at radius 3 is 2.38 bits per heavy atom. The van der Waals surface area contributed by atoms with Gasteiger partial charge in [0.25, 0.3) is 0 Å². The first-order chi connectivity index (χ1) is 9.98. The van der Waals surface area contributed by atoms with Crippen LogP contribution in [0.2, 0.25) is 0 Å². The van der Waals surface area contributed by atoms with Gasteiger partial charge in [0.05, 0.1) is 4.90 Å². The number of nitrogens with zero attached hydrogens (tertiary/aromatic N) is 1. The topological polar surface area (TPSA) is 37.4 Å². The van der Waals surface area contributed by atoms with Crippen LogP contribution in [0.25, 0.3) is 5.57 Å². The Bertz CT molecular complexity index is 792. The largest absolute Gasteiger partial charge is 0.243 e. The lowest BCUT2D eigenvalue weighted by Crippen LogP contribution is -2.35. The molecule has 0 spiro atoms. The summed E-state index contributed by atoms with van der Waals surface area (Å²) in [6, 6.07) is 14.8. The second-order valence-electron chi connectivity index (χ2n) is 5.35. The Hall–Kier alpha value is -1.91. The number of fused-ring (bicyclic) bond motifs is 1. The lowest BCUT2D eigenvalue weighted by Gasteiger charge is -2.29. The molecule has 1 heterocycles. The zero-order valence-corrected chi connectivity index (χ0v) is 12.7. The molecular weight excluding hydrogens is 282 g/mol. The van der Waals surface area contributed by atoms with Crippen molar-refractivity contribution in [3.05, 3.63) is 71.8 Å². The van der Waals surface area contributed by atoms with Gasteiger partial charge in [0.15, 0.2) is 0 Å². The molecule has 2 aromatic carbocycles. The maximum absolute atomic E-state index is 12.7. The van der Waals surface area contributed by atoms with Crippen LogP contribution in [0.15, 0.2) is 60.0 Å². The summed E-state index contributed by atoms with van der Waals surface area (Å²) in [4.78, 5) is 0.334. The van der Waals surface area contributed by atoms with E-state index >= 15 is 0 Å². The van der Waals surface area contributed by atoms with Gasteiger partial charge in [-0.3, -0.25) is 0 Å². The van der Waals surface area contributed by atoms with Gasteiger partial charge in [-0.25, -0.2) is 8.42 Å². The number of hydrogen-bond donors (Lipinski definition) is 0. The molecule has 0 saturated carbocycles. The van der Waals surface area contributed by atoms with Gasteiger partial charge in [-0.2, -0.15) is 4.31 Å². The normalized spacial score (nSPS) is 15.8. The molecule has 0 aromatic heterocycles. The van der Waals surface area contributed by atoms with Gasteiger partial charge in [0, 0.05) is 13.1 Å². The quantitative estimate of drug-likeness (QED) is 0.854. The third-order valence-electron chi connectivity index (χ3n) is 3.77. The van der Waals surface area contributed by atoms with Gasteiger partial charge in [-0.15, -0.1) is 0 Å². The van der Waals surface area contributed by atoms with Crippen LogP contribution in [0.4, 0.5) is 0 Å². The Balaban J connectivity index is 1.98. The van der Waals surface area contributed by atoms with Crippen LogP contribution in [0.5, 0.6) is 0 Å². The molecule has 0 bridgehead atoms. The average Bonchev–Trinajstić information content (AvgIpc) is 2.47. The second kappa shape index (κ2) is 5.13. The smallest absolute Gasteiger partial charge is 0.207 e. The zero-order valence-electron chi connectivity index (χ0n) is 11.9. The highest BCUT2D eigenvalue weighted by atomic mass is 32.2. The summed E-state index contributed by atoms with van der Waals surface area (Å²) in [5, 5.41) is 0. The Kier molecular flexibility index (Phi) is 3.43. The van der Waals surface area contributed by atoms with E-state index < -0.39 is 10.0 Å². The number of rotatable bonds is 2. The van der Waals surface area contributed by atoms with E-state index in [-0.39, 0.29) is 0 Å². The Labute approximate surface area is 125 Å². The van der Waals surface area contributed by atoms with Gasteiger partial charge in [-0.05, 0) is 35.8 Å². The van der Waals surface area contributed by atoms with E-state index in [2.05, 4.69) is 6.58 Å². The number of hydrogen-bond acceptors (Lipinski definition) is 2. The van der Waals surface area contributed by atoms with E-state index in [9.17, 15) is 8.42 Å². The first-order valence-corrected chi connectivity index (χ1v) is 8.25. The third-order valence-corrected chi connectivity index (χ3v) is 5.58. The predicted octanol–water partition coefficient (Wildman–Crippen LogP) is 3.21. The number of aryl methyl sites for hydroxylation is 1. The van der Waals surface area contributed by atoms with Gasteiger partial charge in [0.1, 0.15) is 0 Å². The van der Waals surface area contributed by atoms with E-state index in [1.807, 2.05) is 43.3 Å². The van der Waals surface area contributed by atoms with Crippen LogP contribution >= 0.6 is 0 Å².